The Balaban J connectivity index is 1.48. The van der Waals surface area contributed by atoms with Gasteiger partial charge < -0.3 is 14.5 Å². The molecule has 0 atom stereocenters. The van der Waals surface area contributed by atoms with E-state index in [1.165, 1.54) is 12.1 Å². The summed E-state index contributed by atoms with van der Waals surface area (Å²) in [6, 6.07) is 9.08. The van der Waals surface area contributed by atoms with Gasteiger partial charge in [0.25, 0.3) is 0 Å². The molecule has 3 aromatic rings. The summed E-state index contributed by atoms with van der Waals surface area (Å²) in [5, 5.41) is 3.20. The highest BCUT2D eigenvalue weighted by Gasteiger charge is 2.05. The Morgan fingerprint density at radius 1 is 1.18 bits per heavy atom. The van der Waals surface area contributed by atoms with Crippen LogP contribution in [0.4, 0.5) is 8.78 Å². The van der Waals surface area contributed by atoms with Crippen LogP contribution in [-0.4, -0.2) is 22.5 Å². The predicted octanol–water partition coefficient (Wildman–Crippen LogP) is 2.78. The molecule has 2 heterocycles. The maximum atomic E-state index is 13.4. The molecule has 0 aliphatic rings. The number of halogens is 2. The SMILES string of the molecule is Fc1ccc(OCCNCc2cnc3ccccn23)c(F)c1. The van der Waals surface area contributed by atoms with Crippen LogP contribution in [0.15, 0.2) is 48.8 Å². The maximum absolute atomic E-state index is 13.4. The van der Waals surface area contributed by atoms with E-state index >= 15 is 0 Å². The van der Waals surface area contributed by atoms with Crippen molar-refractivity contribution in [2.75, 3.05) is 13.2 Å². The number of aromatic nitrogens is 2. The average molecular weight is 303 g/mol. The second kappa shape index (κ2) is 6.53. The summed E-state index contributed by atoms with van der Waals surface area (Å²) in [5.41, 5.74) is 1.92. The fraction of sp³-hybridized carbons (Fsp3) is 0.188. The van der Waals surface area contributed by atoms with E-state index in [1.54, 1.807) is 0 Å². The molecule has 0 amide bonds. The zero-order valence-electron chi connectivity index (χ0n) is 11.8. The van der Waals surface area contributed by atoms with Gasteiger partial charge in [-0.3, -0.25) is 0 Å². The third-order valence-electron chi connectivity index (χ3n) is 3.23. The van der Waals surface area contributed by atoms with E-state index in [-0.39, 0.29) is 5.75 Å². The lowest BCUT2D eigenvalue weighted by molar-refractivity contribution is 0.297. The lowest BCUT2D eigenvalue weighted by Gasteiger charge is -2.08. The van der Waals surface area contributed by atoms with Gasteiger partial charge in [-0.25, -0.2) is 13.8 Å². The van der Waals surface area contributed by atoms with Crippen LogP contribution in [0.5, 0.6) is 5.75 Å². The molecule has 0 bridgehead atoms. The molecule has 0 aliphatic carbocycles. The van der Waals surface area contributed by atoms with Crippen LogP contribution in [0.3, 0.4) is 0 Å². The van der Waals surface area contributed by atoms with Crippen molar-refractivity contribution in [1.82, 2.24) is 14.7 Å². The molecule has 6 heteroatoms. The number of imidazole rings is 1. The van der Waals surface area contributed by atoms with Crippen LogP contribution < -0.4 is 10.1 Å². The van der Waals surface area contributed by atoms with Gasteiger partial charge in [-0.2, -0.15) is 0 Å². The minimum absolute atomic E-state index is 0.0537. The van der Waals surface area contributed by atoms with Crippen molar-refractivity contribution in [1.29, 1.82) is 0 Å². The van der Waals surface area contributed by atoms with Crippen molar-refractivity contribution in [2.24, 2.45) is 0 Å². The first-order valence-electron chi connectivity index (χ1n) is 6.93. The van der Waals surface area contributed by atoms with Crippen molar-refractivity contribution < 1.29 is 13.5 Å². The van der Waals surface area contributed by atoms with E-state index in [4.69, 9.17) is 4.74 Å². The van der Waals surface area contributed by atoms with Crippen molar-refractivity contribution in [3.05, 3.63) is 66.1 Å². The minimum atomic E-state index is -0.693. The first-order chi connectivity index (χ1) is 10.7. The second-order valence-electron chi connectivity index (χ2n) is 4.78. The van der Waals surface area contributed by atoms with Gasteiger partial charge in [0, 0.05) is 25.4 Å². The minimum Gasteiger partial charge on any atom is -0.489 e. The Morgan fingerprint density at radius 2 is 2.09 bits per heavy atom. The summed E-state index contributed by atoms with van der Waals surface area (Å²) in [5.74, 6) is -1.25. The van der Waals surface area contributed by atoms with Gasteiger partial charge in [0.2, 0.25) is 0 Å². The molecule has 3 rings (SSSR count). The molecule has 4 nitrogen and oxygen atoms in total. The molecule has 0 radical (unpaired) electrons. The van der Waals surface area contributed by atoms with E-state index in [9.17, 15) is 8.78 Å². The molecule has 0 unspecified atom stereocenters. The first kappa shape index (κ1) is 14.5. The quantitative estimate of drug-likeness (QED) is 0.712. The number of hydrogen-bond acceptors (Lipinski definition) is 3. The van der Waals surface area contributed by atoms with E-state index in [2.05, 4.69) is 10.3 Å². The highest BCUT2D eigenvalue weighted by Crippen LogP contribution is 2.17. The second-order valence-corrected chi connectivity index (χ2v) is 4.78. The maximum Gasteiger partial charge on any atom is 0.167 e. The number of pyridine rings is 1. The molecular formula is C16H15F2N3O. The van der Waals surface area contributed by atoms with Crippen LogP contribution in [0.2, 0.25) is 0 Å². The molecule has 0 saturated heterocycles. The van der Waals surface area contributed by atoms with Crippen LogP contribution in [-0.2, 0) is 6.54 Å². The Morgan fingerprint density at radius 3 is 2.95 bits per heavy atom. The van der Waals surface area contributed by atoms with Gasteiger partial charge in [0.1, 0.15) is 18.1 Å². The summed E-state index contributed by atoms with van der Waals surface area (Å²) in [6.45, 7) is 1.45. The van der Waals surface area contributed by atoms with Crippen molar-refractivity contribution in [3.8, 4) is 5.75 Å². The number of nitrogens with one attached hydrogen (secondary N) is 1. The Kier molecular flexibility index (Phi) is 4.29. The number of ether oxygens (including phenoxy) is 1. The summed E-state index contributed by atoms with van der Waals surface area (Å²) >= 11 is 0. The van der Waals surface area contributed by atoms with Crippen LogP contribution in [0.25, 0.3) is 5.65 Å². The smallest absolute Gasteiger partial charge is 0.167 e. The van der Waals surface area contributed by atoms with E-state index in [0.29, 0.717) is 19.7 Å². The largest absolute Gasteiger partial charge is 0.489 e. The summed E-state index contributed by atoms with van der Waals surface area (Å²) in [6.07, 6.45) is 3.76. The van der Waals surface area contributed by atoms with Crippen molar-refractivity contribution in [2.45, 2.75) is 6.54 Å². The molecular weight excluding hydrogens is 288 g/mol. The first-order valence-corrected chi connectivity index (χ1v) is 6.93. The normalized spacial score (nSPS) is 11.0. The predicted molar refractivity (Wildman–Crippen MR) is 78.8 cm³/mol. The number of benzene rings is 1. The van der Waals surface area contributed by atoms with Crippen LogP contribution in [0, 0.1) is 11.6 Å². The van der Waals surface area contributed by atoms with Crippen LogP contribution >= 0.6 is 0 Å². The fourth-order valence-electron chi connectivity index (χ4n) is 2.16. The molecule has 2 aromatic heterocycles. The third-order valence-corrected chi connectivity index (χ3v) is 3.23. The Bertz CT molecular complexity index is 773. The lowest BCUT2D eigenvalue weighted by atomic mass is 10.3. The molecule has 22 heavy (non-hydrogen) atoms. The van der Waals surface area contributed by atoms with Crippen LogP contribution in [0.1, 0.15) is 5.69 Å². The Hall–Kier alpha value is -2.47. The van der Waals surface area contributed by atoms with Gasteiger partial charge in [0.05, 0.1) is 11.9 Å². The van der Waals surface area contributed by atoms with Crippen molar-refractivity contribution >= 4 is 5.65 Å². The monoisotopic (exact) mass is 303 g/mol. The zero-order chi connectivity index (χ0) is 15.4. The van der Waals surface area contributed by atoms with Gasteiger partial charge in [-0.05, 0) is 24.3 Å². The number of hydrogen-bond donors (Lipinski definition) is 1. The number of rotatable bonds is 6. The zero-order valence-corrected chi connectivity index (χ0v) is 11.8. The highest BCUT2D eigenvalue weighted by atomic mass is 19.1. The highest BCUT2D eigenvalue weighted by molar-refractivity contribution is 5.39. The number of fused-ring (bicyclic) bond motifs is 1. The molecule has 114 valence electrons. The van der Waals surface area contributed by atoms with E-state index < -0.39 is 11.6 Å². The van der Waals surface area contributed by atoms with Gasteiger partial charge in [-0.1, -0.05) is 6.07 Å². The molecule has 0 spiro atoms. The van der Waals surface area contributed by atoms with Crippen molar-refractivity contribution in [3.63, 3.8) is 0 Å². The summed E-state index contributed by atoms with van der Waals surface area (Å²) < 4.78 is 33.4. The summed E-state index contributed by atoms with van der Waals surface area (Å²) in [7, 11) is 0. The van der Waals surface area contributed by atoms with Gasteiger partial charge in [-0.15, -0.1) is 0 Å². The third kappa shape index (κ3) is 3.23. The molecule has 0 aliphatic heterocycles. The average Bonchev–Trinajstić information content (AvgIpc) is 2.92. The topological polar surface area (TPSA) is 38.6 Å². The Labute approximate surface area is 126 Å². The molecule has 0 fully saturated rings. The van der Waals surface area contributed by atoms with Gasteiger partial charge >= 0.3 is 0 Å². The standard InChI is InChI=1S/C16H15F2N3O/c17-12-4-5-15(14(18)9-12)22-8-6-19-10-13-11-20-16-3-1-2-7-21(13)16/h1-5,7,9,11,19H,6,8,10H2. The molecule has 1 aromatic carbocycles. The van der Waals surface area contributed by atoms with E-state index in [1.807, 2.05) is 35.0 Å². The fourth-order valence-corrected chi connectivity index (χ4v) is 2.16. The molecule has 0 saturated carbocycles. The molecule has 1 N–H and O–H groups in total. The summed E-state index contributed by atoms with van der Waals surface area (Å²) in [4.78, 5) is 4.29. The number of nitrogens with zero attached hydrogens (tertiary/aromatic N) is 2. The van der Waals surface area contributed by atoms with E-state index in [0.717, 1.165) is 17.4 Å². The lowest BCUT2D eigenvalue weighted by Crippen LogP contribution is -2.21. The van der Waals surface area contributed by atoms with Gasteiger partial charge in [0.15, 0.2) is 11.6 Å².